The average Bonchev–Trinajstić information content (AvgIpc) is 2.97. The molecule has 0 saturated carbocycles. The predicted octanol–water partition coefficient (Wildman–Crippen LogP) is 1.06. The number of nitrogens with zero attached hydrogens (tertiary/aromatic N) is 4. The molecule has 2 aliphatic heterocycles. The van der Waals surface area contributed by atoms with Gasteiger partial charge in [-0.15, -0.1) is 0 Å². The number of likely N-dealkylation sites (tertiary alicyclic amines) is 1. The summed E-state index contributed by atoms with van der Waals surface area (Å²) in [5.74, 6) is 0.831. The minimum atomic E-state index is -0.340. The molecule has 136 valence electrons. The van der Waals surface area contributed by atoms with Crippen LogP contribution in [-0.2, 0) is 17.4 Å². The maximum absolute atomic E-state index is 10.5. The van der Waals surface area contributed by atoms with Gasteiger partial charge in [0.05, 0.1) is 18.9 Å². The van der Waals surface area contributed by atoms with E-state index in [1.54, 1.807) is 0 Å². The number of β-amino-alcohol motifs (C(OH)–C–C–N with tert-alkyl or cyclic N) is 1. The third kappa shape index (κ3) is 4.36. The molecule has 2 fully saturated rings. The summed E-state index contributed by atoms with van der Waals surface area (Å²) in [6.45, 7) is 10.5. The zero-order valence-corrected chi connectivity index (χ0v) is 15.3. The summed E-state index contributed by atoms with van der Waals surface area (Å²) in [5, 5.41) is 14.8. The van der Waals surface area contributed by atoms with Crippen molar-refractivity contribution in [3.8, 4) is 0 Å². The molecule has 2 saturated heterocycles. The van der Waals surface area contributed by atoms with Crippen molar-refractivity contribution < 1.29 is 9.84 Å². The van der Waals surface area contributed by atoms with Crippen LogP contribution in [0.15, 0.2) is 12.4 Å². The van der Waals surface area contributed by atoms with E-state index in [0.717, 1.165) is 44.2 Å². The number of aromatic nitrogens is 2. The van der Waals surface area contributed by atoms with Gasteiger partial charge in [-0.05, 0) is 38.8 Å². The van der Waals surface area contributed by atoms with Gasteiger partial charge in [0.1, 0.15) is 5.60 Å². The summed E-state index contributed by atoms with van der Waals surface area (Å²) in [7, 11) is 1.93. The normalized spacial score (nSPS) is 29.0. The summed E-state index contributed by atoms with van der Waals surface area (Å²) >= 11 is 0. The van der Waals surface area contributed by atoms with Crippen molar-refractivity contribution >= 4 is 0 Å². The predicted molar refractivity (Wildman–Crippen MR) is 93.8 cm³/mol. The van der Waals surface area contributed by atoms with E-state index >= 15 is 0 Å². The van der Waals surface area contributed by atoms with Crippen LogP contribution in [0.5, 0.6) is 0 Å². The van der Waals surface area contributed by atoms with E-state index in [2.05, 4.69) is 28.7 Å². The van der Waals surface area contributed by atoms with Crippen LogP contribution < -0.4 is 0 Å². The Morgan fingerprint density at radius 1 is 1.29 bits per heavy atom. The van der Waals surface area contributed by atoms with Gasteiger partial charge in [-0.1, -0.05) is 6.92 Å². The molecule has 0 aromatic carbocycles. The second kappa shape index (κ2) is 7.52. The Morgan fingerprint density at radius 2 is 2.00 bits per heavy atom. The fourth-order valence-corrected chi connectivity index (χ4v) is 3.87. The first kappa shape index (κ1) is 17.9. The highest BCUT2D eigenvalue weighted by Crippen LogP contribution is 2.29. The summed E-state index contributed by atoms with van der Waals surface area (Å²) < 4.78 is 7.87. The quantitative estimate of drug-likeness (QED) is 0.871. The van der Waals surface area contributed by atoms with Crippen LogP contribution in [0, 0.1) is 5.92 Å². The van der Waals surface area contributed by atoms with E-state index in [4.69, 9.17) is 4.74 Å². The molecule has 24 heavy (non-hydrogen) atoms. The topological polar surface area (TPSA) is 53.8 Å². The monoisotopic (exact) mass is 336 g/mol. The van der Waals surface area contributed by atoms with Crippen molar-refractivity contribution in [2.24, 2.45) is 13.0 Å². The number of aliphatic hydroxyl groups is 1. The number of ether oxygens (including phenoxy) is 1. The van der Waals surface area contributed by atoms with Crippen LogP contribution in [0.4, 0.5) is 0 Å². The number of piperidine rings is 1. The van der Waals surface area contributed by atoms with Crippen molar-refractivity contribution in [1.82, 2.24) is 19.6 Å². The molecule has 2 aliphatic rings. The molecule has 0 radical (unpaired) electrons. The van der Waals surface area contributed by atoms with Crippen LogP contribution in [0.3, 0.4) is 0 Å². The van der Waals surface area contributed by atoms with Crippen molar-refractivity contribution in [1.29, 1.82) is 0 Å². The van der Waals surface area contributed by atoms with Gasteiger partial charge in [0.25, 0.3) is 0 Å². The molecule has 6 heteroatoms. The summed E-state index contributed by atoms with van der Waals surface area (Å²) in [4.78, 5) is 4.74. The Labute approximate surface area is 145 Å². The van der Waals surface area contributed by atoms with Crippen LogP contribution in [-0.4, -0.2) is 76.7 Å². The van der Waals surface area contributed by atoms with Gasteiger partial charge >= 0.3 is 0 Å². The highest BCUT2D eigenvalue weighted by molar-refractivity contribution is 5.16. The molecule has 2 unspecified atom stereocenters. The Bertz CT molecular complexity index is 527. The molecule has 3 heterocycles. The van der Waals surface area contributed by atoms with Crippen molar-refractivity contribution in [3.63, 3.8) is 0 Å². The smallest absolute Gasteiger partial charge is 0.106 e. The molecular weight excluding hydrogens is 304 g/mol. The van der Waals surface area contributed by atoms with Crippen molar-refractivity contribution in [2.75, 3.05) is 45.9 Å². The lowest BCUT2D eigenvalue weighted by Gasteiger charge is -2.41. The van der Waals surface area contributed by atoms with Crippen LogP contribution >= 0.6 is 0 Å². The molecule has 6 nitrogen and oxygen atoms in total. The van der Waals surface area contributed by atoms with Crippen molar-refractivity contribution in [2.45, 2.75) is 38.4 Å². The fourth-order valence-electron chi connectivity index (χ4n) is 3.87. The molecule has 1 N–H and O–H groups in total. The lowest BCUT2D eigenvalue weighted by molar-refractivity contribution is -0.110. The second-order valence-corrected chi connectivity index (χ2v) is 7.85. The van der Waals surface area contributed by atoms with Crippen LogP contribution in [0.25, 0.3) is 0 Å². The number of aryl methyl sites for hydroxylation is 1. The molecule has 1 aromatic heterocycles. The first-order valence-corrected chi connectivity index (χ1v) is 9.20. The second-order valence-electron chi connectivity index (χ2n) is 7.85. The molecule has 1 aromatic rings. The third-order valence-electron chi connectivity index (χ3n) is 5.48. The SMILES string of the molecule is CC1CCN(CC(O)CN2CCOC(C)(c3cnn(C)c3)C2)CC1. The summed E-state index contributed by atoms with van der Waals surface area (Å²) in [5.41, 5.74) is 0.765. The zero-order valence-electron chi connectivity index (χ0n) is 15.3. The zero-order chi connectivity index (χ0) is 17.2. The lowest BCUT2D eigenvalue weighted by atomic mass is 9.96. The number of morpholine rings is 1. The van der Waals surface area contributed by atoms with E-state index in [1.165, 1.54) is 12.8 Å². The maximum Gasteiger partial charge on any atom is 0.106 e. The first-order chi connectivity index (χ1) is 11.4. The van der Waals surface area contributed by atoms with Gasteiger partial charge in [0, 0.05) is 45.0 Å². The Kier molecular flexibility index (Phi) is 5.59. The van der Waals surface area contributed by atoms with E-state index in [-0.39, 0.29) is 11.7 Å². The standard InChI is InChI=1S/C18H32N4O2/c1-15-4-6-21(7-5-15)12-17(23)13-22-8-9-24-18(2,14-22)16-10-19-20(3)11-16/h10-11,15,17,23H,4-9,12-14H2,1-3H3. The Hall–Kier alpha value is -0.950. The summed E-state index contributed by atoms with van der Waals surface area (Å²) in [6.07, 6.45) is 6.12. The maximum atomic E-state index is 10.5. The Balaban J connectivity index is 1.51. The largest absolute Gasteiger partial charge is 0.390 e. The number of rotatable bonds is 5. The van der Waals surface area contributed by atoms with Gasteiger partial charge in [-0.3, -0.25) is 9.58 Å². The fraction of sp³-hybridized carbons (Fsp3) is 0.833. The van der Waals surface area contributed by atoms with E-state index in [1.807, 2.05) is 24.1 Å². The molecule has 3 rings (SSSR count). The lowest BCUT2D eigenvalue weighted by Crippen LogP contribution is -2.51. The molecule has 0 spiro atoms. The van der Waals surface area contributed by atoms with Gasteiger partial charge in [-0.2, -0.15) is 5.10 Å². The minimum absolute atomic E-state index is 0.297. The molecule has 0 amide bonds. The van der Waals surface area contributed by atoms with Gasteiger partial charge in [0.15, 0.2) is 0 Å². The van der Waals surface area contributed by atoms with Gasteiger partial charge < -0.3 is 14.7 Å². The third-order valence-corrected chi connectivity index (χ3v) is 5.48. The summed E-state index contributed by atoms with van der Waals surface area (Å²) in [6, 6.07) is 0. The van der Waals surface area contributed by atoms with Crippen LogP contribution in [0.2, 0.25) is 0 Å². The average molecular weight is 336 g/mol. The Morgan fingerprint density at radius 3 is 2.67 bits per heavy atom. The van der Waals surface area contributed by atoms with E-state index < -0.39 is 0 Å². The molecule has 0 aliphatic carbocycles. The minimum Gasteiger partial charge on any atom is -0.390 e. The van der Waals surface area contributed by atoms with Gasteiger partial charge in [-0.25, -0.2) is 0 Å². The molecular formula is C18H32N4O2. The highest BCUT2D eigenvalue weighted by atomic mass is 16.5. The molecule has 0 bridgehead atoms. The van der Waals surface area contributed by atoms with E-state index in [0.29, 0.717) is 13.2 Å². The van der Waals surface area contributed by atoms with Crippen LogP contribution in [0.1, 0.15) is 32.3 Å². The number of hydrogen-bond donors (Lipinski definition) is 1. The number of hydrogen-bond acceptors (Lipinski definition) is 5. The number of aliphatic hydroxyl groups excluding tert-OH is 1. The highest BCUT2D eigenvalue weighted by Gasteiger charge is 2.35. The van der Waals surface area contributed by atoms with Crippen molar-refractivity contribution in [3.05, 3.63) is 18.0 Å². The molecule has 2 atom stereocenters. The van der Waals surface area contributed by atoms with E-state index in [9.17, 15) is 5.11 Å². The van der Waals surface area contributed by atoms with Gasteiger partial charge in [0.2, 0.25) is 0 Å². The first-order valence-electron chi connectivity index (χ1n) is 9.20.